The standard InChI is InChI=1S/C18H19NO2/c1-20-15-11-10-14-7-3-2-6-12-19-16-8-4-5-9-17(16)21-18(14)13-15/h3-5,7-11,13,19H,2,6,12H2,1H3/b7-3-. The van der Waals surface area contributed by atoms with Crippen LogP contribution in [0.2, 0.25) is 0 Å². The molecule has 0 aliphatic carbocycles. The fourth-order valence-electron chi connectivity index (χ4n) is 2.34. The van der Waals surface area contributed by atoms with Crippen LogP contribution in [0.25, 0.3) is 6.08 Å². The zero-order valence-corrected chi connectivity index (χ0v) is 12.1. The van der Waals surface area contributed by atoms with Gasteiger partial charge in [0.25, 0.3) is 0 Å². The van der Waals surface area contributed by atoms with Gasteiger partial charge < -0.3 is 14.8 Å². The molecule has 0 aromatic heterocycles. The smallest absolute Gasteiger partial charge is 0.150 e. The molecule has 2 aromatic carbocycles. The number of hydrogen-bond donors (Lipinski definition) is 1. The van der Waals surface area contributed by atoms with Gasteiger partial charge in [-0.25, -0.2) is 0 Å². The number of hydrogen-bond acceptors (Lipinski definition) is 3. The maximum atomic E-state index is 6.12. The Balaban J connectivity index is 2.04. The Bertz CT molecular complexity index is 649. The molecule has 21 heavy (non-hydrogen) atoms. The second-order valence-electron chi connectivity index (χ2n) is 4.97. The summed E-state index contributed by atoms with van der Waals surface area (Å²) in [4.78, 5) is 0. The third-order valence-electron chi connectivity index (χ3n) is 3.49. The van der Waals surface area contributed by atoms with Crippen molar-refractivity contribution in [2.75, 3.05) is 19.0 Å². The average Bonchev–Trinajstić information content (AvgIpc) is 2.56. The summed E-state index contributed by atoms with van der Waals surface area (Å²) in [7, 11) is 1.66. The summed E-state index contributed by atoms with van der Waals surface area (Å²) in [5.41, 5.74) is 2.08. The maximum absolute atomic E-state index is 6.12. The van der Waals surface area contributed by atoms with Gasteiger partial charge in [0.2, 0.25) is 0 Å². The van der Waals surface area contributed by atoms with Crippen molar-refractivity contribution in [3.8, 4) is 17.2 Å². The average molecular weight is 281 g/mol. The lowest BCUT2D eigenvalue weighted by Gasteiger charge is -2.14. The summed E-state index contributed by atoms with van der Waals surface area (Å²) < 4.78 is 11.4. The van der Waals surface area contributed by atoms with Crippen LogP contribution in [-0.4, -0.2) is 13.7 Å². The van der Waals surface area contributed by atoms with Crippen molar-refractivity contribution < 1.29 is 9.47 Å². The molecular weight excluding hydrogens is 262 g/mol. The Morgan fingerprint density at radius 1 is 1.10 bits per heavy atom. The number of para-hydroxylation sites is 2. The van der Waals surface area contributed by atoms with Crippen LogP contribution >= 0.6 is 0 Å². The molecule has 0 unspecified atom stereocenters. The van der Waals surface area contributed by atoms with Crippen LogP contribution < -0.4 is 14.8 Å². The topological polar surface area (TPSA) is 30.5 Å². The van der Waals surface area contributed by atoms with Crippen molar-refractivity contribution >= 4 is 11.8 Å². The van der Waals surface area contributed by atoms with Crippen LogP contribution in [0.1, 0.15) is 18.4 Å². The lowest BCUT2D eigenvalue weighted by atomic mass is 10.1. The monoisotopic (exact) mass is 281 g/mol. The Hall–Kier alpha value is -2.42. The fourth-order valence-corrected chi connectivity index (χ4v) is 2.34. The first-order chi connectivity index (χ1) is 10.4. The van der Waals surface area contributed by atoms with Gasteiger partial charge in [0.1, 0.15) is 11.5 Å². The van der Waals surface area contributed by atoms with Crippen LogP contribution in [-0.2, 0) is 0 Å². The lowest BCUT2D eigenvalue weighted by Crippen LogP contribution is -2.02. The molecule has 3 rings (SSSR count). The molecule has 1 aliphatic heterocycles. The molecule has 1 heterocycles. The van der Waals surface area contributed by atoms with E-state index < -0.39 is 0 Å². The molecular formula is C18H19NO2. The van der Waals surface area contributed by atoms with Gasteiger partial charge in [-0.1, -0.05) is 24.3 Å². The van der Waals surface area contributed by atoms with Gasteiger partial charge in [0.15, 0.2) is 5.75 Å². The molecule has 0 radical (unpaired) electrons. The van der Waals surface area contributed by atoms with E-state index in [9.17, 15) is 0 Å². The minimum atomic E-state index is 0.794. The van der Waals surface area contributed by atoms with Gasteiger partial charge in [0.05, 0.1) is 12.8 Å². The van der Waals surface area contributed by atoms with Crippen molar-refractivity contribution in [3.63, 3.8) is 0 Å². The van der Waals surface area contributed by atoms with E-state index >= 15 is 0 Å². The molecule has 3 heteroatoms. The maximum Gasteiger partial charge on any atom is 0.150 e. The van der Waals surface area contributed by atoms with E-state index in [2.05, 4.69) is 17.5 Å². The van der Waals surface area contributed by atoms with Crippen LogP contribution in [0, 0.1) is 0 Å². The highest BCUT2D eigenvalue weighted by atomic mass is 16.5. The van der Waals surface area contributed by atoms with Crippen LogP contribution in [0.3, 0.4) is 0 Å². The number of ether oxygens (including phenoxy) is 2. The number of benzene rings is 2. The molecule has 1 aliphatic rings. The van der Waals surface area contributed by atoms with E-state index in [4.69, 9.17) is 9.47 Å². The first-order valence-corrected chi connectivity index (χ1v) is 7.22. The first-order valence-electron chi connectivity index (χ1n) is 7.22. The molecule has 1 N–H and O–H groups in total. The quantitative estimate of drug-likeness (QED) is 0.821. The summed E-state index contributed by atoms with van der Waals surface area (Å²) in [5.74, 6) is 2.44. The van der Waals surface area contributed by atoms with Crippen molar-refractivity contribution in [3.05, 3.63) is 54.1 Å². The second-order valence-corrected chi connectivity index (χ2v) is 4.97. The summed E-state index contributed by atoms with van der Waals surface area (Å²) >= 11 is 0. The molecule has 0 saturated heterocycles. The highest BCUT2D eigenvalue weighted by Gasteiger charge is 2.09. The normalized spacial score (nSPS) is 15.5. The zero-order valence-electron chi connectivity index (χ0n) is 12.1. The molecule has 0 bridgehead atoms. The molecule has 0 atom stereocenters. The van der Waals surface area contributed by atoms with Crippen molar-refractivity contribution in [2.45, 2.75) is 12.8 Å². The van der Waals surface area contributed by atoms with Gasteiger partial charge >= 0.3 is 0 Å². The molecule has 0 amide bonds. The van der Waals surface area contributed by atoms with E-state index in [-0.39, 0.29) is 0 Å². The minimum absolute atomic E-state index is 0.794. The largest absolute Gasteiger partial charge is 0.497 e. The zero-order chi connectivity index (χ0) is 14.5. The second kappa shape index (κ2) is 6.35. The summed E-state index contributed by atoms with van der Waals surface area (Å²) in [6, 6.07) is 13.9. The number of allylic oxidation sites excluding steroid dienone is 1. The van der Waals surface area contributed by atoms with E-state index in [1.807, 2.05) is 42.5 Å². The van der Waals surface area contributed by atoms with E-state index in [1.165, 1.54) is 0 Å². The van der Waals surface area contributed by atoms with Crippen molar-refractivity contribution in [2.24, 2.45) is 0 Å². The predicted octanol–water partition coefficient (Wildman–Crippen LogP) is 4.71. The number of rotatable bonds is 1. The molecule has 108 valence electrons. The van der Waals surface area contributed by atoms with Crippen LogP contribution in [0.4, 0.5) is 5.69 Å². The SMILES string of the molecule is COc1ccc2c(c1)Oc1ccccc1NCCC/C=C\2. The summed E-state index contributed by atoms with van der Waals surface area (Å²) in [6.07, 6.45) is 6.44. The number of fused-ring (bicyclic) bond motifs is 2. The molecule has 0 saturated carbocycles. The first kappa shape index (κ1) is 13.6. The predicted molar refractivity (Wildman–Crippen MR) is 86.3 cm³/mol. The molecule has 0 fully saturated rings. The van der Waals surface area contributed by atoms with Gasteiger partial charge in [-0.3, -0.25) is 0 Å². The van der Waals surface area contributed by atoms with E-state index in [1.54, 1.807) is 7.11 Å². The summed E-state index contributed by atoms with van der Waals surface area (Å²) in [6.45, 7) is 0.935. The highest BCUT2D eigenvalue weighted by Crippen LogP contribution is 2.34. The number of anilines is 1. The van der Waals surface area contributed by atoms with Crippen LogP contribution in [0.5, 0.6) is 17.2 Å². The highest BCUT2D eigenvalue weighted by molar-refractivity contribution is 5.63. The van der Waals surface area contributed by atoms with Gasteiger partial charge in [-0.15, -0.1) is 0 Å². The van der Waals surface area contributed by atoms with Crippen molar-refractivity contribution in [1.82, 2.24) is 0 Å². The van der Waals surface area contributed by atoms with Gasteiger partial charge in [0, 0.05) is 18.2 Å². The van der Waals surface area contributed by atoms with Crippen molar-refractivity contribution in [1.29, 1.82) is 0 Å². The lowest BCUT2D eigenvalue weighted by molar-refractivity contribution is 0.409. The molecule has 0 spiro atoms. The Labute approximate surface area is 125 Å². The minimum Gasteiger partial charge on any atom is -0.497 e. The van der Waals surface area contributed by atoms with E-state index in [0.29, 0.717) is 0 Å². The van der Waals surface area contributed by atoms with Gasteiger partial charge in [-0.2, -0.15) is 0 Å². The molecule has 2 aromatic rings. The summed E-state index contributed by atoms with van der Waals surface area (Å²) in [5, 5.41) is 3.43. The fraction of sp³-hybridized carbons (Fsp3) is 0.222. The van der Waals surface area contributed by atoms with Crippen LogP contribution in [0.15, 0.2) is 48.5 Å². The Morgan fingerprint density at radius 3 is 2.90 bits per heavy atom. The third-order valence-corrected chi connectivity index (χ3v) is 3.49. The number of methoxy groups -OCH3 is 1. The number of nitrogens with one attached hydrogen (secondary N) is 1. The Morgan fingerprint density at radius 2 is 2.00 bits per heavy atom. The van der Waals surface area contributed by atoms with Gasteiger partial charge in [-0.05, 0) is 37.1 Å². The Kier molecular flexibility index (Phi) is 4.10. The molecule has 3 nitrogen and oxygen atoms in total. The van der Waals surface area contributed by atoms with E-state index in [0.717, 1.165) is 47.9 Å². The third kappa shape index (κ3) is 3.19.